The van der Waals surface area contributed by atoms with Gasteiger partial charge in [0.2, 0.25) is 5.91 Å². The first kappa shape index (κ1) is 36.2. The smallest absolute Gasteiger partial charge is 0.259 e. The summed E-state index contributed by atoms with van der Waals surface area (Å²) >= 11 is 0. The number of methoxy groups -OCH3 is 1. The van der Waals surface area contributed by atoms with E-state index in [-0.39, 0.29) is 30.1 Å². The van der Waals surface area contributed by atoms with E-state index in [2.05, 4.69) is 17.3 Å². The molecule has 0 aliphatic carbocycles. The number of hydrogen-bond donors (Lipinski definition) is 1. The molecular formula is C38H45ClN4O5. The Kier molecular flexibility index (Phi) is 12.8. The molecule has 9 nitrogen and oxygen atoms in total. The maximum absolute atomic E-state index is 13.7. The number of amides is 3. The first-order valence-corrected chi connectivity index (χ1v) is 16.2. The van der Waals surface area contributed by atoms with Crippen molar-refractivity contribution in [3.05, 3.63) is 95.6 Å². The fraction of sp³-hybridized carbons (Fsp3) is 0.342. The molecule has 48 heavy (non-hydrogen) atoms. The highest BCUT2D eigenvalue weighted by molar-refractivity contribution is 6.12. The molecule has 1 aliphatic heterocycles. The fourth-order valence-corrected chi connectivity index (χ4v) is 5.80. The minimum atomic E-state index is -0.330. The van der Waals surface area contributed by atoms with Crippen LogP contribution in [0.15, 0.2) is 78.9 Å². The van der Waals surface area contributed by atoms with Crippen LogP contribution in [0.5, 0.6) is 11.5 Å². The lowest BCUT2D eigenvalue weighted by atomic mass is 10.1. The summed E-state index contributed by atoms with van der Waals surface area (Å²) in [5.74, 6) is 0.556. The number of piperazine rings is 1. The molecule has 0 unspecified atom stereocenters. The third-order valence-electron chi connectivity index (χ3n) is 8.66. The number of hydrogen-bond acceptors (Lipinski definition) is 6. The fourth-order valence-electron chi connectivity index (χ4n) is 5.80. The Morgan fingerprint density at radius 2 is 1.60 bits per heavy atom. The van der Waals surface area contributed by atoms with E-state index in [0.717, 1.165) is 61.8 Å². The normalized spacial score (nSPS) is 13.0. The summed E-state index contributed by atoms with van der Waals surface area (Å²) in [4.78, 5) is 45.3. The highest BCUT2D eigenvalue weighted by atomic mass is 35.5. The Morgan fingerprint density at radius 3 is 2.38 bits per heavy atom. The van der Waals surface area contributed by atoms with Gasteiger partial charge in [-0.3, -0.25) is 14.4 Å². The van der Waals surface area contributed by atoms with Crippen LogP contribution in [-0.4, -0.2) is 81.5 Å². The standard InChI is InChI=1S/C38H44N4O5.ClH/c1-27-16-19-33(35(25-27)47-24-9-5-6-15-36(43)42-22-20-40(2)21-23-42)41(3)38(45)29-17-18-31(34(26-29)46-4)37(44)39-32-14-10-12-28-11-7-8-13-30(28)32;/h7-8,10-14,16-19,25-26H,5-6,9,15,20-24H2,1-4H3,(H,39,44);1H. The van der Waals surface area contributed by atoms with Crippen molar-refractivity contribution < 1.29 is 23.9 Å². The number of unbranched alkanes of at least 4 members (excludes halogenated alkanes) is 2. The lowest BCUT2D eigenvalue weighted by Crippen LogP contribution is -2.47. The number of aryl methyl sites for hydroxylation is 1. The number of likely N-dealkylation sites (N-methyl/N-ethyl adjacent to an activating group) is 1. The number of carbonyl (C=O) groups is 3. The van der Waals surface area contributed by atoms with Gasteiger partial charge in [-0.2, -0.15) is 0 Å². The molecule has 4 aromatic rings. The van der Waals surface area contributed by atoms with Crippen molar-refractivity contribution in [3.63, 3.8) is 0 Å². The maximum Gasteiger partial charge on any atom is 0.259 e. The van der Waals surface area contributed by atoms with Gasteiger partial charge >= 0.3 is 0 Å². The van der Waals surface area contributed by atoms with Crippen molar-refractivity contribution in [3.8, 4) is 11.5 Å². The van der Waals surface area contributed by atoms with E-state index in [4.69, 9.17) is 9.47 Å². The SMILES string of the molecule is COc1cc(C(=O)N(C)c2ccc(C)cc2OCCCCCC(=O)N2CCN(C)CC2)ccc1C(=O)Nc1cccc2ccccc12.Cl. The highest BCUT2D eigenvalue weighted by Crippen LogP contribution is 2.32. The minimum Gasteiger partial charge on any atom is -0.496 e. The number of fused-ring (bicyclic) bond motifs is 1. The van der Waals surface area contributed by atoms with E-state index in [1.165, 1.54) is 7.11 Å². The summed E-state index contributed by atoms with van der Waals surface area (Å²) in [6.45, 7) is 5.93. The van der Waals surface area contributed by atoms with Gasteiger partial charge in [0.15, 0.2) is 0 Å². The van der Waals surface area contributed by atoms with Crippen LogP contribution in [-0.2, 0) is 4.79 Å². The van der Waals surface area contributed by atoms with E-state index >= 15 is 0 Å². The van der Waals surface area contributed by atoms with Crippen molar-refractivity contribution in [1.29, 1.82) is 0 Å². The third-order valence-corrected chi connectivity index (χ3v) is 8.66. The molecule has 0 atom stereocenters. The summed E-state index contributed by atoms with van der Waals surface area (Å²) in [5, 5.41) is 4.94. The second-order valence-electron chi connectivity index (χ2n) is 12.1. The Hall–Kier alpha value is -4.60. The van der Waals surface area contributed by atoms with Crippen LogP contribution >= 0.6 is 12.4 Å². The number of carbonyl (C=O) groups excluding carboxylic acids is 3. The Bertz CT molecular complexity index is 1730. The van der Waals surface area contributed by atoms with Crippen LogP contribution < -0.4 is 19.7 Å². The predicted molar refractivity (Wildman–Crippen MR) is 194 cm³/mol. The highest BCUT2D eigenvalue weighted by Gasteiger charge is 2.22. The van der Waals surface area contributed by atoms with Crippen LogP contribution in [0.1, 0.15) is 52.0 Å². The van der Waals surface area contributed by atoms with Crippen LogP contribution in [0.4, 0.5) is 11.4 Å². The van der Waals surface area contributed by atoms with E-state index in [1.54, 1.807) is 30.1 Å². The number of nitrogens with zero attached hydrogens (tertiary/aromatic N) is 3. The minimum absolute atomic E-state index is 0. The molecule has 0 bridgehead atoms. The second kappa shape index (κ2) is 17.0. The predicted octanol–water partition coefficient (Wildman–Crippen LogP) is 6.82. The molecular weight excluding hydrogens is 628 g/mol. The molecule has 0 aromatic heterocycles. The molecule has 0 saturated carbocycles. The molecule has 5 rings (SSSR count). The van der Waals surface area contributed by atoms with Gasteiger partial charge in [0.05, 0.1) is 25.0 Å². The number of halogens is 1. The van der Waals surface area contributed by atoms with Crippen molar-refractivity contribution in [1.82, 2.24) is 9.80 Å². The van der Waals surface area contributed by atoms with Gasteiger partial charge in [-0.1, -0.05) is 42.5 Å². The van der Waals surface area contributed by atoms with Gasteiger partial charge in [-0.15, -0.1) is 12.4 Å². The molecule has 0 spiro atoms. The zero-order valence-corrected chi connectivity index (χ0v) is 29.0. The molecule has 1 fully saturated rings. The summed E-state index contributed by atoms with van der Waals surface area (Å²) in [5.41, 5.74) is 3.06. The number of ether oxygens (including phenoxy) is 2. The topological polar surface area (TPSA) is 91.4 Å². The molecule has 254 valence electrons. The quantitative estimate of drug-likeness (QED) is 0.166. The van der Waals surface area contributed by atoms with E-state index in [1.807, 2.05) is 72.5 Å². The Labute approximate surface area is 289 Å². The number of benzene rings is 4. The van der Waals surface area contributed by atoms with Crippen LogP contribution in [0.25, 0.3) is 10.8 Å². The lowest BCUT2D eigenvalue weighted by molar-refractivity contribution is -0.132. The van der Waals surface area contributed by atoms with Gasteiger partial charge in [-0.25, -0.2) is 0 Å². The third kappa shape index (κ3) is 8.85. The lowest BCUT2D eigenvalue weighted by Gasteiger charge is -2.32. The van der Waals surface area contributed by atoms with Gasteiger partial charge in [0.25, 0.3) is 11.8 Å². The molecule has 1 saturated heterocycles. The van der Waals surface area contributed by atoms with E-state index in [0.29, 0.717) is 47.0 Å². The van der Waals surface area contributed by atoms with Crippen LogP contribution in [0, 0.1) is 6.92 Å². The van der Waals surface area contributed by atoms with Crippen molar-refractivity contribution in [2.24, 2.45) is 0 Å². The van der Waals surface area contributed by atoms with E-state index in [9.17, 15) is 14.4 Å². The van der Waals surface area contributed by atoms with Gasteiger partial charge in [0, 0.05) is 56.3 Å². The van der Waals surface area contributed by atoms with Crippen molar-refractivity contribution in [2.45, 2.75) is 32.6 Å². The molecule has 0 radical (unpaired) electrons. The zero-order chi connectivity index (χ0) is 33.3. The van der Waals surface area contributed by atoms with Gasteiger partial charge in [0.1, 0.15) is 11.5 Å². The number of anilines is 2. The summed E-state index contributed by atoms with van der Waals surface area (Å²) in [6.07, 6.45) is 3.07. The maximum atomic E-state index is 13.7. The first-order chi connectivity index (χ1) is 22.7. The summed E-state index contributed by atoms with van der Waals surface area (Å²) < 4.78 is 11.7. The monoisotopic (exact) mass is 672 g/mol. The number of nitrogens with one attached hydrogen (secondary N) is 1. The molecule has 3 amide bonds. The first-order valence-electron chi connectivity index (χ1n) is 16.2. The van der Waals surface area contributed by atoms with Crippen molar-refractivity contribution in [2.75, 3.05) is 64.2 Å². The molecule has 10 heteroatoms. The van der Waals surface area contributed by atoms with Gasteiger partial charge in [-0.05, 0) is 80.6 Å². The van der Waals surface area contributed by atoms with Gasteiger partial charge < -0.3 is 29.5 Å². The second-order valence-corrected chi connectivity index (χ2v) is 12.1. The largest absolute Gasteiger partial charge is 0.496 e. The van der Waals surface area contributed by atoms with Crippen molar-refractivity contribution >= 4 is 52.3 Å². The average molecular weight is 673 g/mol. The Morgan fingerprint density at radius 1 is 0.854 bits per heavy atom. The Balaban J connectivity index is 0.00000520. The van der Waals surface area contributed by atoms with Crippen LogP contribution in [0.2, 0.25) is 0 Å². The summed E-state index contributed by atoms with van der Waals surface area (Å²) in [6, 6.07) is 24.2. The average Bonchev–Trinajstić information content (AvgIpc) is 3.09. The van der Waals surface area contributed by atoms with Crippen LogP contribution in [0.3, 0.4) is 0 Å². The molecule has 1 aliphatic rings. The number of rotatable bonds is 12. The molecule has 1 N–H and O–H groups in total. The summed E-state index contributed by atoms with van der Waals surface area (Å²) in [7, 11) is 5.27. The zero-order valence-electron chi connectivity index (χ0n) is 28.2. The molecule has 4 aromatic carbocycles. The molecule has 1 heterocycles. The van der Waals surface area contributed by atoms with E-state index < -0.39 is 0 Å².